The van der Waals surface area contributed by atoms with E-state index in [1.165, 1.54) is 5.56 Å². The molecule has 132 valence electrons. The molecule has 2 atom stereocenters. The monoisotopic (exact) mass is 330 g/mol. The minimum Gasteiger partial charge on any atom is -0.444 e. The molecule has 4 nitrogen and oxygen atoms in total. The lowest BCUT2D eigenvalue weighted by Crippen LogP contribution is -2.49. The van der Waals surface area contributed by atoms with Crippen LogP contribution in [-0.2, 0) is 11.3 Å². The van der Waals surface area contributed by atoms with Crippen LogP contribution in [0.25, 0.3) is 0 Å². The van der Waals surface area contributed by atoms with Crippen molar-refractivity contribution in [3.8, 4) is 0 Å². The summed E-state index contributed by atoms with van der Waals surface area (Å²) in [5, 5.41) is 3.07. The number of ether oxygens (including phenoxy) is 1. The Balaban J connectivity index is 2.02. The summed E-state index contributed by atoms with van der Waals surface area (Å²) < 4.78 is 5.42. The zero-order valence-corrected chi connectivity index (χ0v) is 15.1. The normalized spacial score (nSPS) is 20.8. The van der Waals surface area contributed by atoms with E-state index in [4.69, 9.17) is 4.74 Å². The second-order valence-electron chi connectivity index (χ2n) is 7.45. The highest BCUT2D eigenvalue weighted by Gasteiger charge is 2.33. The summed E-state index contributed by atoms with van der Waals surface area (Å²) in [7, 11) is 0. The molecule has 4 heteroatoms. The molecule has 0 bridgehead atoms. The van der Waals surface area contributed by atoms with Crippen LogP contribution in [0, 0.1) is 0 Å². The Bertz CT molecular complexity index is 536. The number of nitrogens with zero attached hydrogens (tertiary/aromatic N) is 1. The highest BCUT2D eigenvalue weighted by molar-refractivity contribution is 5.68. The Kier molecular flexibility index (Phi) is 6.44. The molecule has 2 rings (SSSR count). The summed E-state index contributed by atoms with van der Waals surface area (Å²) in [5.41, 5.74) is 0.811. The SMILES string of the molecule is C=CCN(Cc1ccccc1)[C@H]1CCC[C@@H]1NC(=O)OC(C)(C)C. The number of hydrogen-bond acceptors (Lipinski definition) is 3. The van der Waals surface area contributed by atoms with Crippen LogP contribution in [0.4, 0.5) is 4.79 Å². The summed E-state index contributed by atoms with van der Waals surface area (Å²) in [4.78, 5) is 14.5. The van der Waals surface area contributed by atoms with Crippen molar-refractivity contribution in [2.75, 3.05) is 6.54 Å². The Hall–Kier alpha value is -1.81. The fourth-order valence-electron chi connectivity index (χ4n) is 3.31. The number of alkyl carbamates (subject to hydrolysis) is 1. The van der Waals surface area contributed by atoms with E-state index in [1.807, 2.05) is 32.9 Å². The standard InChI is InChI=1S/C20H30N2O2/c1-5-14-22(15-16-10-7-6-8-11-16)18-13-9-12-17(18)21-19(23)24-20(2,3)4/h5-8,10-11,17-18H,1,9,12-15H2,2-4H3,(H,21,23)/t17-,18-/m0/s1. The maximum atomic E-state index is 12.1. The number of hydrogen-bond donors (Lipinski definition) is 1. The van der Waals surface area contributed by atoms with Crippen molar-refractivity contribution in [1.82, 2.24) is 10.2 Å². The molecule has 0 unspecified atom stereocenters. The third-order valence-electron chi connectivity index (χ3n) is 4.24. The quantitative estimate of drug-likeness (QED) is 0.798. The van der Waals surface area contributed by atoms with Gasteiger partial charge in [0.05, 0.1) is 0 Å². The molecule has 0 saturated heterocycles. The molecule has 24 heavy (non-hydrogen) atoms. The highest BCUT2D eigenvalue weighted by Crippen LogP contribution is 2.26. The maximum absolute atomic E-state index is 12.1. The second kappa shape index (κ2) is 8.34. The first-order valence-electron chi connectivity index (χ1n) is 8.77. The van der Waals surface area contributed by atoms with Crippen molar-refractivity contribution in [2.45, 2.75) is 64.3 Å². The van der Waals surface area contributed by atoms with Crippen LogP contribution in [0.2, 0.25) is 0 Å². The van der Waals surface area contributed by atoms with Gasteiger partial charge >= 0.3 is 6.09 Å². The minimum absolute atomic E-state index is 0.128. The summed E-state index contributed by atoms with van der Waals surface area (Å²) in [6.07, 6.45) is 4.81. The zero-order valence-electron chi connectivity index (χ0n) is 15.1. The van der Waals surface area contributed by atoms with E-state index in [2.05, 4.69) is 41.1 Å². The number of carbonyl (C=O) groups is 1. The molecule has 1 aliphatic rings. The van der Waals surface area contributed by atoms with Crippen LogP contribution >= 0.6 is 0 Å². The zero-order chi connectivity index (χ0) is 17.6. The van der Waals surface area contributed by atoms with Gasteiger partial charge in [-0.05, 0) is 45.6 Å². The molecular formula is C20H30N2O2. The largest absolute Gasteiger partial charge is 0.444 e. The van der Waals surface area contributed by atoms with Crippen molar-refractivity contribution < 1.29 is 9.53 Å². The van der Waals surface area contributed by atoms with Gasteiger partial charge in [-0.15, -0.1) is 6.58 Å². The fraction of sp³-hybridized carbons (Fsp3) is 0.550. The van der Waals surface area contributed by atoms with Crippen molar-refractivity contribution in [3.05, 3.63) is 48.6 Å². The lowest BCUT2D eigenvalue weighted by Gasteiger charge is -2.33. The molecule has 0 aliphatic heterocycles. The van der Waals surface area contributed by atoms with Gasteiger partial charge in [-0.3, -0.25) is 4.90 Å². The predicted molar refractivity (Wildman–Crippen MR) is 97.8 cm³/mol. The van der Waals surface area contributed by atoms with Gasteiger partial charge in [0, 0.05) is 25.2 Å². The van der Waals surface area contributed by atoms with Gasteiger partial charge in [0.15, 0.2) is 0 Å². The molecule has 0 spiro atoms. The lowest BCUT2D eigenvalue weighted by atomic mass is 10.1. The maximum Gasteiger partial charge on any atom is 0.407 e. The molecule has 0 aromatic heterocycles. The van der Waals surface area contributed by atoms with Crippen molar-refractivity contribution in [2.24, 2.45) is 0 Å². The number of amides is 1. The molecule has 1 N–H and O–H groups in total. The van der Waals surface area contributed by atoms with Gasteiger partial charge in [0.2, 0.25) is 0 Å². The molecule has 1 aromatic carbocycles. The first-order valence-corrected chi connectivity index (χ1v) is 8.77. The first-order chi connectivity index (χ1) is 11.4. The molecule has 1 saturated carbocycles. The van der Waals surface area contributed by atoms with E-state index >= 15 is 0 Å². The smallest absolute Gasteiger partial charge is 0.407 e. The molecule has 1 aliphatic carbocycles. The number of benzene rings is 1. The second-order valence-corrected chi connectivity index (χ2v) is 7.45. The fourth-order valence-corrected chi connectivity index (χ4v) is 3.31. The number of carbonyl (C=O) groups excluding carboxylic acids is 1. The summed E-state index contributed by atoms with van der Waals surface area (Å²) in [6, 6.07) is 10.9. The van der Waals surface area contributed by atoms with Crippen molar-refractivity contribution in [3.63, 3.8) is 0 Å². The van der Waals surface area contributed by atoms with Crippen LogP contribution in [0.15, 0.2) is 43.0 Å². The Morgan fingerprint density at radius 3 is 2.67 bits per heavy atom. The summed E-state index contributed by atoms with van der Waals surface area (Å²) >= 11 is 0. The average molecular weight is 330 g/mol. The number of nitrogens with one attached hydrogen (secondary N) is 1. The summed E-state index contributed by atoms with van der Waals surface area (Å²) in [6.45, 7) is 11.2. The van der Waals surface area contributed by atoms with Gasteiger partial charge in [0.25, 0.3) is 0 Å². The van der Waals surface area contributed by atoms with E-state index in [9.17, 15) is 4.79 Å². The van der Waals surface area contributed by atoms with Crippen LogP contribution in [0.3, 0.4) is 0 Å². The van der Waals surface area contributed by atoms with Crippen molar-refractivity contribution in [1.29, 1.82) is 0 Å². The molecule has 1 fully saturated rings. The highest BCUT2D eigenvalue weighted by atomic mass is 16.6. The van der Waals surface area contributed by atoms with Gasteiger partial charge < -0.3 is 10.1 Å². The Morgan fingerprint density at radius 2 is 2.04 bits per heavy atom. The lowest BCUT2D eigenvalue weighted by molar-refractivity contribution is 0.0474. The predicted octanol–water partition coefficient (Wildman–Crippen LogP) is 4.12. The van der Waals surface area contributed by atoms with Gasteiger partial charge in [0.1, 0.15) is 5.60 Å². The topological polar surface area (TPSA) is 41.6 Å². The van der Waals surface area contributed by atoms with Gasteiger partial charge in [-0.1, -0.05) is 36.4 Å². The van der Waals surface area contributed by atoms with Gasteiger partial charge in [-0.2, -0.15) is 0 Å². The molecule has 0 radical (unpaired) electrons. The third-order valence-corrected chi connectivity index (χ3v) is 4.24. The Morgan fingerprint density at radius 1 is 1.33 bits per heavy atom. The van der Waals surface area contributed by atoms with Crippen LogP contribution in [0.1, 0.15) is 45.6 Å². The van der Waals surface area contributed by atoms with E-state index in [0.29, 0.717) is 6.04 Å². The van der Waals surface area contributed by atoms with Gasteiger partial charge in [-0.25, -0.2) is 4.79 Å². The molecule has 1 aromatic rings. The molecular weight excluding hydrogens is 300 g/mol. The van der Waals surface area contributed by atoms with E-state index in [0.717, 1.165) is 32.4 Å². The number of rotatable bonds is 6. The van der Waals surface area contributed by atoms with Crippen LogP contribution in [0.5, 0.6) is 0 Å². The average Bonchev–Trinajstić information content (AvgIpc) is 2.94. The van der Waals surface area contributed by atoms with E-state index in [-0.39, 0.29) is 12.1 Å². The third kappa shape index (κ3) is 5.68. The minimum atomic E-state index is -0.469. The summed E-state index contributed by atoms with van der Waals surface area (Å²) in [5.74, 6) is 0. The van der Waals surface area contributed by atoms with E-state index < -0.39 is 5.60 Å². The van der Waals surface area contributed by atoms with Crippen LogP contribution < -0.4 is 5.32 Å². The van der Waals surface area contributed by atoms with Crippen LogP contribution in [-0.4, -0.2) is 35.2 Å². The Labute approximate surface area is 145 Å². The van der Waals surface area contributed by atoms with E-state index in [1.54, 1.807) is 0 Å². The van der Waals surface area contributed by atoms with Crippen molar-refractivity contribution >= 4 is 6.09 Å². The molecule has 0 heterocycles. The molecule has 1 amide bonds. The first kappa shape index (κ1) is 18.5.